The van der Waals surface area contributed by atoms with Crippen LogP contribution in [0.2, 0.25) is 5.02 Å². The summed E-state index contributed by atoms with van der Waals surface area (Å²) in [6.45, 7) is 3.35. The summed E-state index contributed by atoms with van der Waals surface area (Å²) >= 11 is 12.1. The van der Waals surface area contributed by atoms with Crippen molar-refractivity contribution < 1.29 is 0 Å². The molecular formula is C15H19Cl2N3. The molecule has 0 radical (unpaired) electrons. The van der Waals surface area contributed by atoms with Crippen LogP contribution in [0.1, 0.15) is 18.7 Å². The molecule has 0 spiro atoms. The molecule has 3 rings (SSSR count). The number of benzene rings is 1. The maximum atomic E-state index is 6.06. The van der Waals surface area contributed by atoms with Gasteiger partial charge in [0.1, 0.15) is 5.82 Å². The van der Waals surface area contributed by atoms with Gasteiger partial charge in [-0.1, -0.05) is 11.6 Å². The third-order valence-corrected chi connectivity index (χ3v) is 4.55. The first-order chi connectivity index (χ1) is 9.67. The van der Waals surface area contributed by atoms with Gasteiger partial charge >= 0.3 is 0 Å². The van der Waals surface area contributed by atoms with Crippen LogP contribution in [0, 0.1) is 5.92 Å². The third kappa shape index (κ3) is 2.80. The van der Waals surface area contributed by atoms with Crippen LogP contribution >= 0.6 is 23.2 Å². The van der Waals surface area contributed by atoms with Crippen molar-refractivity contribution in [3.05, 3.63) is 29.0 Å². The minimum absolute atomic E-state index is 0.439. The third-order valence-electron chi connectivity index (χ3n) is 4.07. The molecule has 1 aliphatic heterocycles. The molecule has 2 heterocycles. The number of aromatic nitrogens is 2. The highest BCUT2D eigenvalue weighted by Crippen LogP contribution is 2.25. The zero-order valence-electron chi connectivity index (χ0n) is 11.6. The van der Waals surface area contributed by atoms with Crippen LogP contribution in [0.3, 0.4) is 0 Å². The Bertz CT molecular complexity index is 608. The molecule has 2 aromatic rings. The molecule has 0 aliphatic carbocycles. The summed E-state index contributed by atoms with van der Waals surface area (Å²) in [4.78, 5) is 7.02. The van der Waals surface area contributed by atoms with E-state index in [2.05, 4.69) is 21.5 Å². The predicted molar refractivity (Wildman–Crippen MR) is 84.5 cm³/mol. The first kappa shape index (κ1) is 14.2. The van der Waals surface area contributed by atoms with Gasteiger partial charge in [-0.05, 0) is 50.6 Å². The molecule has 0 amide bonds. The fourth-order valence-electron chi connectivity index (χ4n) is 3.14. The van der Waals surface area contributed by atoms with Crippen LogP contribution in [-0.4, -0.2) is 34.6 Å². The van der Waals surface area contributed by atoms with Crippen LogP contribution < -0.4 is 0 Å². The topological polar surface area (TPSA) is 21.1 Å². The summed E-state index contributed by atoms with van der Waals surface area (Å²) in [5.74, 6) is 2.05. The Balaban J connectivity index is 1.93. The van der Waals surface area contributed by atoms with Crippen molar-refractivity contribution in [3.8, 4) is 0 Å². The summed E-state index contributed by atoms with van der Waals surface area (Å²) in [7, 11) is 2.19. The Morgan fingerprint density at radius 3 is 3.00 bits per heavy atom. The summed E-state index contributed by atoms with van der Waals surface area (Å²) in [6.07, 6.45) is 2.55. The molecule has 108 valence electrons. The number of imidazole rings is 1. The molecule has 1 aromatic heterocycles. The SMILES string of the molecule is CN1CCCC(Cn2c(CCl)nc3cc(Cl)ccc32)C1. The van der Waals surface area contributed by atoms with Gasteiger partial charge in [-0.25, -0.2) is 4.98 Å². The molecule has 1 fully saturated rings. The highest BCUT2D eigenvalue weighted by atomic mass is 35.5. The molecular weight excluding hydrogens is 293 g/mol. The first-order valence-corrected chi connectivity index (χ1v) is 7.98. The van der Waals surface area contributed by atoms with E-state index in [1.165, 1.54) is 19.4 Å². The normalized spacial score (nSPS) is 20.6. The number of rotatable bonds is 3. The van der Waals surface area contributed by atoms with E-state index in [1.54, 1.807) is 0 Å². The van der Waals surface area contributed by atoms with Crippen molar-refractivity contribution in [1.82, 2.24) is 14.5 Å². The van der Waals surface area contributed by atoms with Crippen LogP contribution in [0.15, 0.2) is 18.2 Å². The maximum Gasteiger partial charge on any atom is 0.124 e. The zero-order chi connectivity index (χ0) is 14.1. The number of likely N-dealkylation sites (tertiary alicyclic amines) is 1. The van der Waals surface area contributed by atoms with E-state index in [0.29, 0.717) is 11.8 Å². The monoisotopic (exact) mass is 311 g/mol. The molecule has 20 heavy (non-hydrogen) atoms. The van der Waals surface area contributed by atoms with Gasteiger partial charge in [0.25, 0.3) is 0 Å². The van der Waals surface area contributed by atoms with E-state index in [0.717, 1.165) is 35.0 Å². The lowest BCUT2D eigenvalue weighted by atomic mass is 9.98. The van der Waals surface area contributed by atoms with Crippen molar-refractivity contribution in [2.75, 3.05) is 20.1 Å². The van der Waals surface area contributed by atoms with Crippen LogP contribution in [0.4, 0.5) is 0 Å². The lowest BCUT2D eigenvalue weighted by molar-refractivity contribution is 0.195. The molecule has 5 heteroatoms. The first-order valence-electron chi connectivity index (χ1n) is 7.06. The molecule has 1 aliphatic rings. The van der Waals surface area contributed by atoms with Crippen LogP contribution in [0.5, 0.6) is 0 Å². The Morgan fingerprint density at radius 2 is 2.25 bits per heavy atom. The van der Waals surface area contributed by atoms with Gasteiger partial charge in [-0.2, -0.15) is 0 Å². The molecule has 1 saturated heterocycles. The van der Waals surface area contributed by atoms with E-state index in [1.807, 2.05) is 18.2 Å². The Labute approximate surface area is 129 Å². The average molecular weight is 312 g/mol. The summed E-state index contributed by atoms with van der Waals surface area (Å²) in [5, 5.41) is 0.723. The fraction of sp³-hybridized carbons (Fsp3) is 0.533. The van der Waals surface area contributed by atoms with Crippen molar-refractivity contribution in [2.24, 2.45) is 5.92 Å². The number of hydrogen-bond donors (Lipinski definition) is 0. The van der Waals surface area contributed by atoms with E-state index >= 15 is 0 Å². The van der Waals surface area contributed by atoms with Gasteiger partial charge in [-0.15, -0.1) is 11.6 Å². The van der Waals surface area contributed by atoms with Gasteiger partial charge < -0.3 is 9.47 Å². The van der Waals surface area contributed by atoms with Crippen LogP contribution in [-0.2, 0) is 12.4 Å². The summed E-state index contributed by atoms with van der Waals surface area (Å²) in [6, 6.07) is 5.89. The zero-order valence-corrected chi connectivity index (χ0v) is 13.2. The van der Waals surface area contributed by atoms with Crippen molar-refractivity contribution in [2.45, 2.75) is 25.3 Å². The lowest BCUT2D eigenvalue weighted by Crippen LogP contribution is -2.34. The maximum absolute atomic E-state index is 6.06. The number of alkyl halides is 1. The van der Waals surface area contributed by atoms with Gasteiger partial charge in [0.15, 0.2) is 0 Å². The fourth-order valence-corrected chi connectivity index (χ4v) is 3.51. The summed E-state index contributed by atoms with van der Waals surface area (Å²) < 4.78 is 2.27. The molecule has 1 aromatic carbocycles. The Kier molecular flexibility index (Phi) is 4.20. The molecule has 0 saturated carbocycles. The van der Waals surface area contributed by atoms with Crippen molar-refractivity contribution >= 4 is 34.2 Å². The Morgan fingerprint density at radius 1 is 1.40 bits per heavy atom. The minimum Gasteiger partial charge on any atom is -0.327 e. The van der Waals surface area contributed by atoms with Crippen molar-refractivity contribution in [1.29, 1.82) is 0 Å². The number of hydrogen-bond acceptors (Lipinski definition) is 2. The number of fused-ring (bicyclic) bond motifs is 1. The number of halogens is 2. The average Bonchev–Trinajstić information content (AvgIpc) is 2.76. The van der Waals surface area contributed by atoms with E-state index in [-0.39, 0.29) is 0 Å². The standard InChI is InChI=1S/C15H19Cl2N3/c1-19-6-2-3-11(9-19)10-20-14-5-4-12(17)7-13(14)18-15(20)8-16/h4-5,7,11H,2-3,6,8-10H2,1H3. The molecule has 0 N–H and O–H groups in total. The largest absolute Gasteiger partial charge is 0.327 e. The van der Waals surface area contributed by atoms with E-state index in [9.17, 15) is 0 Å². The quantitative estimate of drug-likeness (QED) is 0.805. The lowest BCUT2D eigenvalue weighted by Gasteiger charge is -2.30. The minimum atomic E-state index is 0.439. The van der Waals surface area contributed by atoms with Crippen LogP contribution in [0.25, 0.3) is 11.0 Å². The molecule has 0 bridgehead atoms. The van der Waals surface area contributed by atoms with Gasteiger partial charge in [0.2, 0.25) is 0 Å². The highest BCUT2D eigenvalue weighted by molar-refractivity contribution is 6.31. The molecule has 1 atom stereocenters. The van der Waals surface area contributed by atoms with Gasteiger partial charge in [-0.3, -0.25) is 0 Å². The highest BCUT2D eigenvalue weighted by Gasteiger charge is 2.20. The smallest absolute Gasteiger partial charge is 0.124 e. The van der Waals surface area contributed by atoms with E-state index in [4.69, 9.17) is 23.2 Å². The second kappa shape index (κ2) is 5.92. The number of piperidine rings is 1. The number of nitrogens with zero attached hydrogens (tertiary/aromatic N) is 3. The summed E-state index contributed by atoms with van der Waals surface area (Å²) in [5.41, 5.74) is 2.08. The predicted octanol–water partition coefficient (Wildman–Crippen LogP) is 3.77. The van der Waals surface area contributed by atoms with E-state index < -0.39 is 0 Å². The second-order valence-corrected chi connectivity index (χ2v) is 6.38. The van der Waals surface area contributed by atoms with Crippen molar-refractivity contribution in [3.63, 3.8) is 0 Å². The second-order valence-electron chi connectivity index (χ2n) is 5.68. The van der Waals surface area contributed by atoms with Gasteiger partial charge in [0.05, 0.1) is 16.9 Å². The molecule has 1 unspecified atom stereocenters. The molecule has 3 nitrogen and oxygen atoms in total. The van der Waals surface area contributed by atoms with Gasteiger partial charge in [0, 0.05) is 18.1 Å². The Hall–Kier alpha value is -0.770.